The van der Waals surface area contributed by atoms with Gasteiger partial charge in [0.05, 0.1) is 23.1 Å². The first-order valence-corrected chi connectivity index (χ1v) is 9.77. The summed E-state index contributed by atoms with van der Waals surface area (Å²) < 4.78 is 23.3. The molecule has 124 valence electrons. The molecule has 1 atom stereocenters. The zero-order valence-electron chi connectivity index (χ0n) is 13.5. The average Bonchev–Trinajstić information content (AvgIpc) is 2.53. The van der Waals surface area contributed by atoms with E-state index >= 15 is 0 Å². The first-order chi connectivity index (χ1) is 10.9. The number of aliphatic hydroxyl groups excluding tert-OH is 1. The summed E-state index contributed by atoms with van der Waals surface area (Å²) >= 11 is 0. The van der Waals surface area contributed by atoms with Gasteiger partial charge in [-0.1, -0.05) is 25.1 Å². The molecule has 1 aliphatic rings. The quantitative estimate of drug-likeness (QED) is 0.932. The maximum absolute atomic E-state index is 11.7. The molecule has 0 spiro atoms. The van der Waals surface area contributed by atoms with Gasteiger partial charge >= 0.3 is 0 Å². The summed E-state index contributed by atoms with van der Waals surface area (Å²) in [6.07, 6.45) is -0.000968. The van der Waals surface area contributed by atoms with E-state index in [4.69, 9.17) is 4.98 Å². The molecule has 1 saturated heterocycles. The van der Waals surface area contributed by atoms with E-state index in [9.17, 15) is 13.5 Å². The SMILES string of the molecule is CCC(O)c1cc2cccc(C)c2nc1N1CCS(=O)(=O)CC1. The van der Waals surface area contributed by atoms with E-state index < -0.39 is 15.9 Å². The average molecular weight is 334 g/mol. The van der Waals surface area contributed by atoms with E-state index in [1.165, 1.54) is 0 Å². The molecule has 0 bridgehead atoms. The number of anilines is 1. The second-order valence-corrected chi connectivity index (χ2v) is 8.41. The Kier molecular flexibility index (Phi) is 4.29. The lowest BCUT2D eigenvalue weighted by Crippen LogP contribution is -2.41. The molecule has 0 radical (unpaired) electrons. The van der Waals surface area contributed by atoms with Crippen LogP contribution in [0.2, 0.25) is 0 Å². The lowest BCUT2D eigenvalue weighted by Gasteiger charge is -2.30. The topological polar surface area (TPSA) is 70.5 Å². The molecule has 0 amide bonds. The molecule has 5 nitrogen and oxygen atoms in total. The molecule has 1 N–H and O–H groups in total. The van der Waals surface area contributed by atoms with Crippen LogP contribution in [0.5, 0.6) is 0 Å². The minimum absolute atomic E-state index is 0.141. The van der Waals surface area contributed by atoms with Crippen molar-refractivity contribution in [2.45, 2.75) is 26.4 Å². The van der Waals surface area contributed by atoms with E-state index in [0.717, 1.165) is 27.8 Å². The maximum atomic E-state index is 11.7. The van der Waals surface area contributed by atoms with Gasteiger partial charge in [0.25, 0.3) is 0 Å². The molecule has 3 rings (SSSR count). The standard InChI is InChI=1S/C17H22N2O3S/c1-3-15(20)14-11-13-6-4-5-12(2)16(13)18-17(14)19-7-9-23(21,22)10-8-19/h4-6,11,15,20H,3,7-10H2,1-2H3. The summed E-state index contributed by atoms with van der Waals surface area (Å²) in [7, 11) is -2.94. The fourth-order valence-electron chi connectivity index (χ4n) is 3.00. The fourth-order valence-corrected chi connectivity index (χ4v) is 4.20. The Hall–Kier alpha value is -1.66. The minimum Gasteiger partial charge on any atom is -0.388 e. The van der Waals surface area contributed by atoms with Gasteiger partial charge in [-0.3, -0.25) is 0 Å². The highest BCUT2D eigenvalue weighted by molar-refractivity contribution is 7.91. The van der Waals surface area contributed by atoms with Gasteiger partial charge in [0.15, 0.2) is 9.84 Å². The van der Waals surface area contributed by atoms with Crippen LogP contribution in [-0.2, 0) is 9.84 Å². The molecule has 2 aromatic rings. The van der Waals surface area contributed by atoms with Crippen molar-refractivity contribution in [1.82, 2.24) is 4.98 Å². The number of sulfone groups is 1. The largest absolute Gasteiger partial charge is 0.388 e. The zero-order valence-corrected chi connectivity index (χ0v) is 14.3. The number of aryl methyl sites for hydroxylation is 1. The van der Waals surface area contributed by atoms with Gasteiger partial charge in [0, 0.05) is 24.0 Å². The molecule has 1 aromatic carbocycles. The molecular weight excluding hydrogens is 312 g/mol. The van der Waals surface area contributed by atoms with Crippen LogP contribution in [0.4, 0.5) is 5.82 Å². The van der Waals surface area contributed by atoms with Gasteiger partial charge in [0.1, 0.15) is 5.82 Å². The van der Waals surface area contributed by atoms with Crippen LogP contribution in [0, 0.1) is 6.92 Å². The summed E-state index contributed by atoms with van der Waals surface area (Å²) in [4.78, 5) is 6.77. The third kappa shape index (κ3) is 3.19. The molecule has 1 aliphatic heterocycles. The van der Waals surface area contributed by atoms with Crippen molar-refractivity contribution in [3.05, 3.63) is 35.4 Å². The minimum atomic E-state index is -2.94. The second kappa shape index (κ2) is 6.09. The van der Waals surface area contributed by atoms with E-state index in [-0.39, 0.29) is 11.5 Å². The number of rotatable bonds is 3. The normalized spacial score (nSPS) is 19.0. The molecule has 23 heavy (non-hydrogen) atoms. The van der Waals surface area contributed by atoms with Crippen LogP contribution < -0.4 is 4.90 Å². The summed E-state index contributed by atoms with van der Waals surface area (Å²) in [6, 6.07) is 7.97. The second-order valence-electron chi connectivity index (χ2n) is 6.11. The van der Waals surface area contributed by atoms with Gasteiger partial charge in [-0.15, -0.1) is 0 Å². The van der Waals surface area contributed by atoms with Gasteiger partial charge in [-0.25, -0.2) is 13.4 Å². The molecule has 0 aliphatic carbocycles. The van der Waals surface area contributed by atoms with Crippen molar-refractivity contribution in [2.75, 3.05) is 29.5 Å². The Balaban J connectivity index is 2.11. The number of hydrogen-bond acceptors (Lipinski definition) is 5. The van der Waals surface area contributed by atoms with Gasteiger partial charge < -0.3 is 10.0 Å². The smallest absolute Gasteiger partial charge is 0.153 e. The first-order valence-electron chi connectivity index (χ1n) is 7.95. The summed E-state index contributed by atoms with van der Waals surface area (Å²) in [5.74, 6) is 1.00. The third-order valence-corrected chi connectivity index (χ3v) is 6.05. The number of fused-ring (bicyclic) bond motifs is 1. The van der Waals surface area contributed by atoms with E-state index in [2.05, 4.69) is 0 Å². The summed E-state index contributed by atoms with van der Waals surface area (Å²) in [5, 5.41) is 11.4. The fraction of sp³-hybridized carbons (Fsp3) is 0.471. The van der Waals surface area contributed by atoms with Crippen LogP contribution in [-0.4, -0.2) is 43.1 Å². The molecule has 6 heteroatoms. The number of para-hydroxylation sites is 1. The Bertz CT molecular complexity index is 819. The molecular formula is C17H22N2O3S. The number of aromatic nitrogens is 1. The Morgan fingerprint density at radius 1 is 1.30 bits per heavy atom. The Morgan fingerprint density at radius 2 is 2.00 bits per heavy atom. The zero-order chi connectivity index (χ0) is 16.6. The number of benzene rings is 1. The van der Waals surface area contributed by atoms with E-state index in [1.54, 1.807) is 0 Å². The van der Waals surface area contributed by atoms with Crippen LogP contribution in [0.3, 0.4) is 0 Å². The Labute approximate surface area is 136 Å². The first kappa shape index (κ1) is 16.2. The van der Waals surface area contributed by atoms with Crippen LogP contribution in [0.15, 0.2) is 24.3 Å². The van der Waals surface area contributed by atoms with Crippen molar-refractivity contribution in [3.63, 3.8) is 0 Å². The van der Waals surface area contributed by atoms with Crippen LogP contribution in [0.1, 0.15) is 30.6 Å². The molecule has 1 fully saturated rings. The van der Waals surface area contributed by atoms with Gasteiger partial charge in [-0.2, -0.15) is 0 Å². The van der Waals surface area contributed by atoms with E-state index in [0.29, 0.717) is 19.5 Å². The number of aliphatic hydroxyl groups is 1. The highest BCUT2D eigenvalue weighted by atomic mass is 32.2. The Morgan fingerprint density at radius 3 is 2.65 bits per heavy atom. The predicted molar refractivity (Wildman–Crippen MR) is 92.6 cm³/mol. The van der Waals surface area contributed by atoms with Gasteiger partial charge in [0.2, 0.25) is 0 Å². The van der Waals surface area contributed by atoms with Crippen molar-refractivity contribution in [1.29, 1.82) is 0 Å². The third-order valence-electron chi connectivity index (χ3n) is 4.45. The number of pyridine rings is 1. The van der Waals surface area contributed by atoms with Crippen molar-refractivity contribution >= 4 is 26.6 Å². The molecule has 1 unspecified atom stereocenters. The van der Waals surface area contributed by atoms with E-state index in [1.807, 2.05) is 43.0 Å². The van der Waals surface area contributed by atoms with Crippen molar-refractivity contribution < 1.29 is 13.5 Å². The maximum Gasteiger partial charge on any atom is 0.153 e. The van der Waals surface area contributed by atoms with Crippen molar-refractivity contribution in [3.8, 4) is 0 Å². The lowest BCUT2D eigenvalue weighted by molar-refractivity contribution is 0.174. The molecule has 0 saturated carbocycles. The van der Waals surface area contributed by atoms with Crippen molar-refractivity contribution in [2.24, 2.45) is 0 Å². The predicted octanol–water partition coefficient (Wildman–Crippen LogP) is 2.22. The highest BCUT2D eigenvalue weighted by Crippen LogP contribution is 2.31. The highest BCUT2D eigenvalue weighted by Gasteiger charge is 2.26. The monoisotopic (exact) mass is 334 g/mol. The summed E-state index contributed by atoms with van der Waals surface area (Å²) in [5.41, 5.74) is 2.76. The number of nitrogens with zero attached hydrogens (tertiary/aromatic N) is 2. The summed E-state index contributed by atoms with van der Waals surface area (Å²) in [6.45, 7) is 4.79. The number of hydrogen-bond donors (Lipinski definition) is 1. The molecule has 2 heterocycles. The van der Waals surface area contributed by atoms with Gasteiger partial charge in [-0.05, 0) is 25.0 Å². The lowest BCUT2D eigenvalue weighted by atomic mass is 10.0. The van der Waals surface area contributed by atoms with Crippen LogP contribution in [0.25, 0.3) is 10.9 Å². The molecule has 1 aromatic heterocycles. The van der Waals surface area contributed by atoms with Crippen LogP contribution >= 0.6 is 0 Å².